The Labute approximate surface area is 289 Å². The summed E-state index contributed by atoms with van der Waals surface area (Å²) in [6, 6.07) is 28.6. The van der Waals surface area contributed by atoms with E-state index in [1.54, 1.807) is 12.1 Å². The van der Waals surface area contributed by atoms with Crippen molar-refractivity contribution >= 4 is 29.7 Å². The van der Waals surface area contributed by atoms with Crippen molar-refractivity contribution in [2.75, 3.05) is 19.6 Å². The quantitative estimate of drug-likeness (QED) is 0.0573. The van der Waals surface area contributed by atoms with Crippen LogP contribution in [0.3, 0.4) is 0 Å². The van der Waals surface area contributed by atoms with Crippen LogP contribution in [0, 0.1) is 5.82 Å². The zero-order valence-electron chi connectivity index (χ0n) is 27.3. The summed E-state index contributed by atoms with van der Waals surface area (Å²) in [6.07, 6.45) is 0.568. The van der Waals surface area contributed by atoms with Crippen LogP contribution in [0.5, 0.6) is 5.75 Å². The number of aromatic hydroxyl groups is 1. The molecule has 5 amide bonds. The number of guanidine groups is 1. The molecule has 0 saturated carbocycles. The van der Waals surface area contributed by atoms with Gasteiger partial charge in [0.05, 0.1) is 5.92 Å². The van der Waals surface area contributed by atoms with Crippen molar-refractivity contribution in [1.82, 2.24) is 26.6 Å². The highest BCUT2D eigenvalue weighted by atomic mass is 19.1. The van der Waals surface area contributed by atoms with E-state index in [1.165, 1.54) is 36.4 Å². The summed E-state index contributed by atoms with van der Waals surface area (Å²) in [6.45, 7) is 0.558. The maximum absolute atomic E-state index is 13.8. The molecule has 4 aromatic carbocycles. The van der Waals surface area contributed by atoms with Crippen LogP contribution in [-0.2, 0) is 16.1 Å². The predicted molar refractivity (Wildman–Crippen MR) is 188 cm³/mol. The number of benzene rings is 4. The molecule has 0 unspecified atom stereocenters. The van der Waals surface area contributed by atoms with Gasteiger partial charge in [0, 0.05) is 31.7 Å². The van der Waals surface area contributed by atoms with Crippen molar-refractivity contribution in [3.8, 4) is 5.75 Å². The van der Waals surface area contributed by atoms with Gasteiger partial charge in [0.15, 0.2) is 5.96 Å². The van der Waals surface area contributed by atoms with Gasteiger partial charge in [-0.05, 0) is 65.9 Å². The van der Waals surface area contributed by atoms with E-state index in [4.69, 9.17) is 5.73 Å². The number of rotatable bonds is 15. The molecule has 0 saturated heterocycles. The van der Waals surface area contributed by atoms with Crippen molar-refractivity contribution < 1.29 is 28.7 Å². The monoisotopic (exact) mass is 681 g/mol. The van der Waals surface area contributed by atoms with Gasteiger partial charge in [-0.15, -0.1) is 0 Å². The van der Waals surface area contributed by atoms with E-state index in [-0.39, 0.29) is 55.8 Å². The number of hydrogen-bond acceptors (Lipinski definition) is 6. The van der Waals surface area contributed by atoms with E-state index >= 15 is 0 Å². The molecule has 0 aliphatic carbocycles. The summed E-state index contributed by atoms with van der Waals surface area (Å²) in [7, 11) is 0. The number of nitrogens with one attached hydrogen (secondary N) is 5. The van der Waals surface area contributed by atoms with Gasteiger partial charge in [-0.25, -0.2) is 9.18 Å². The molecule has 260 valence electrons. The van der Waals surface area contributed by atoms with Gasteiger partial charge in [0.25, 0.3) is 5.91 Å². The highest BCUT2D eigenvalue weighted by Gasteiger charge is 2.27. The smallest absolute Gasteiger partial charge is 0.321 e. The molecule has 0 aromatic heterocycles. The molecule has 12 nitrogen and oxygen atoms in total. The molecule has 0 fully saturated rings. The number of nitrogens with zero attached hydrogens (tertiary/aromatic N) is 1. The average molecular weight is 682 g/mol. The lowest BCUT2D eigenvalue weighted by atomic mass is 9.90. The van der Waals surface area contributed by atoms with Crippen LogP contribution in [0.15, 0.2) is 114 Å². The number of hydrogen-bond donors (Lipinski definition) is 7. The van der Waals surface area contributed by atoms with Crippen LogP contribution < -0.4 is 32.3 Å². The Bertz CT molecular complexity index is 1700. The topological polar surface area (TPSA) is 187 Å². The molecule has 50 heavy (non-hydrogen) atoms. The first-order valence-corrected chi connectivity index (χ1v) is 16.0. The highest BCUT2D eigenvalue weighted by Crippen LogP contribution is 2.25. The lowest BCUT2D eigenvalue weighted by Gasteiger charge is -2.23. The fourth-order valence-electron chi connectivity index (χ4n) is 4.99. The van der Waals surface area contributed by atoms with Gasteiger partial charge in [-0.1, -0.05) is 72.8 Å². The third-order valence-corrected chi connectivity index (χ3v) is 7.54. The van der Waals surface area contributed by atoms with Crippen LogP contribution in [0.4, 0.5) is 9.18 Å². The standard InChI is InChI=1S/C37H40FN7O5/c38-29-17-15-28(16-18-29)33(47)40-22-23-42-37(50)45-36(39)41-21-7-12-31(34(48)43-24-25-13-19-30(46)20-14-25)44-35(49)32(26-8-3-1-4-9-26)27-10-5-2-6-11-27/h1-6,8-11,13-20,31-32,46H,7,12,21-24H2,(H,40,47)(H,43,48)(H,44,49)(H4,39,41,42,45,50)/t31-/m1/s1. The molecule has 4 aromatic rings. The van der Waals surface area contributed by atoms with E-state index in [2.05, 4.69) is 31.6 Å². The third kappa shape index (κ3) is 11.8. The maximum Gasteiger partial charge on any atom is 0.321 e. The molecular formula is C37H40FN7O5. The van der Waals surface area contributed by atoms with Gasteiger partial charge >= 0.3 is 6.03 Å². The van der Waals surface area contributed by atoms with Gasteiger partial charge < -0.3 is 32.1 Å². The fraction of sp³-hybridized carbons (Fsp3) is 0.216. The number of nitrogens with two attached hydrogens (primary N) is 1. The molecule has 0 bridgehead atoms. The molecule has 0 radical (unpaired) electrons. The zero-order chi connectivity index (χ0) is 35.7. The van der Waals surface area contributed by atoms with Gasteiger partial charge in [0.1, 0.15) is 17.6 Å². The van der Waals surface area contributed by atoms with Crippen molar-refractivity contribution in [1.29, 1.82) is 0 Å². The number of halogens is 1. The normalized spacial score (nSPS) is 11.7. The van der Waals surface area contributed by atoms with E-state index in [0.717, 1.165) is 16.7 Å². The first-order valence-electron chi connectivity index (χ1n) is 16.0. The number of amides is 5. The second-order valence-corrected chi connectivity index (χ2v) is 11.3. The second kappa shape index (κ2) is 18.9. The molecule has 0 aliphatic heterocycles. The number of urea groups is 1. The van der Waals surface area contributed by atoms with Crippen LogP contribution >= 0.6 is 0 Å². The Balaban J connectivity index is 1.31. The SMILES string of the molecule is NC(=NCCC[C@@H](NC(=O)C(c1ccccc1)c1ccccc1)C(=O)NCc1ccc(O)cc1)NC(=O)NCCNC(=O)c1ccc(F)cc1. The molecule has 1 atom stereocenters. The van der Waals surface area contributed by atoms with E-state index < -0.39 is 35.6 Å². The summed E-state index contributed by atoms with van der Waals surface area (Å²) >= 11 is 0. The maximum atomic E-state index is 13.8. The lowest BCUT2D eigenvalue weighted by Crippen LogP contribution is -2.48. The molecule has 8 N–H and O–H groups in total. The van der Waals surface area contributed by atoms with Gasteiger partial charge in [-0.2, -0.15) is 0 Å². The van der Waals surface area contributed by atoms with E-state index in [9.17, 15) is 28.7 Å². The Morgan fingerprint density at radius 2 is 1.34 bits per heavy atom. The molecule has 4 rings (SSSR count). The minimum absolute atomic E-state index is 0.0969. The Morgan fingerprint density at radius 3 is 1.96 bits per heavy atom. The molecular weight excluding hydrogens is 641 g/mol. The number of carbonyl (C=O) groups excluding carboxylic acids is 4. The van der Waals surface area contributed by atoms with Crippen molar-refractivity contribution in [2.45, 2.75) is 31.3 Å². The summed E-state index contributed by atoms with van der Waals surface area (Å²) in [5.41, 5.74) is 8.48. The predicted octanol–water partition coefficient (Wildman–Crippen LogP) is 3.29. The molecule has 0 aliphatic rings. The van der Waals surface area contributed by atoms with Crippen molar-refractivity contribution in [3.05, 3.63) is 137 Å². The van der Waals surface area contributed by atoms with E-state index in [1.807, 2.05) is 60.7 Å². The average Bonchev–Trinajstić information content (AvgIpc) is 3.12. The minimum Gasteiger partial charge on any atom is -0.508 e. The van der Waals surface area contributed by atoms with Crippen LogP contribution in [0.1, 0.15) is 45.8 Å². The Morgan fingerprint density at radius 1 is 0.740 bits per heavy atom. The molecule has 13 heteroatoms. The third-order valence-electron chi connectivity index (χ3n) is 7.54. The summed E-state index contributed by atoms with van der Waals surface area (Å²) in [5.74, 6) is -2.30. The van der Waals surface area contributed by atoms with Crippen molar-refractivity contribution in [2.24, 2.45) is 10.7 Å². The second-order valence-electron chi connectivity index (χ2n) is 11.3. The lowest BCUT2D eigenvalue weighted by molar-refractivity contribution is -0.129. The highest BCUT2D eigenvalue weighted by molar-refractivity contribution is 5.96. The minimum atomic E-state index is -0.910. The van der Waals surface area contributed by atoms with Crippen LogP contribution in [0.2, 0.25) is 0 Å². The number of phenols is 1. The van der Waals surface area contributed by atoms with Gasteiger partial charge in [-0.3, -0.25) is 24.7 Å². The first-order chi connectivity index (χ1) is 24.2. The zero-order valence-corrected chi connectivity index (χ0v) is 27.3. The molecule has 0 heterocycles. The number of carbonyl (C=O) groups is 4. The fourth-order valence-corrected chi connectivity index (χ4v) is 4.99. The van der Waals surface area contributed by atoms with E-state index in [0.29, 0.717) is 6.42 Å². The Kier molecular flexibility index (Phi) is 13.9. The van der Waals surface area contributed by atoms with Crippen LogP contribution in [-0.4, -0.2) is 60.5 Å². The van der Waals surface area contributed by atoms with Crippen molar-refractivity contribution in [3.63, 3.8) is 0 Å². The summed E-state index contributed by atoms with van der Waals surface area (Å²) in [5, 5.41) is 22.9. The Hall–Kier alpha value is -6.24. The number of phenolic OH excluding ortho intramolecular Hbond substituents is 1. The number of aliphatic imine (C=N–C) groups is 1. The largest absolute Gasteiger partial charge is 0.508 e. The molecule has 0 spiro atoms. The first kappa shape index (κ1) is 36.6. The van der Waals surface area contributed by atoms with Gasteiger partial charge in [0.2, 0.25) is 11.8 Å². The van der Waals surface area contributed by atoms with Crippen LogP contribution in [0.25, 0.3) is 0 Å². The summed E-state index contributed by atoms with van der Waals surface area (Å²) in [4.78, 5) is 55.7. The summed E-state index contributed by atoms with van der Waals surface area (Å²) < 4.78 is 13.0.